The number of aromatic nitrogens is 4. The van der Waals surface area contributed by atoms with Crippen LogP contribution in [0.4, 0.5) is 5.82 Å². The van der Waals surface area contributed by atoms with Gasteiger partial charge in [-0.1, -0.05) is 13.8 Å². The van der Waals surface area contributed by atoms with Gasteiger partial charge in [-0.25, -0.2) is 19.6 Å². The van der Waals surface area contributed by atoms with Crippen LogP contribution in [0.1, 0.15) is 13.8 Å². The standard InChI is InChI=1S/C10H11N5S2.C2H6/c1-16-10(17-2)14-8-6-9(12-7-11-8)15-5-3-4-13-15;1-2/h3-7H,1-2H3;1-2H3. The van der Waals surface area contributed by atoms with Gasteiger partial charge in [0.15, 0.2) is 11.6 Å². The lowest BCUT2D eigenvalue weighted by Crippen LogP contribution is -1.97. The van der Waals surface area contributed by atoms with Crippen molar-refractivity contribution in [3.63, 3.8) is 0 Å². The molecule has 102 valence electrons. The Morgan fingerprint density at radius 1 is 1.21 bits per heavy atom. The molecule has 0 fully saturated rings. The highest BCUT2D eigenvalue weighted by Crippen LogP contribution is 2.18. The van der Waals surface area contributed by atoms with Crippen LogP contribution in [0.15, 0.2) is 35.8 Å². The average Bonchev–Trinajstić information content (AvgIpc) is 3.01. The summed E-state index contributed by atoms with van der Waals surface area (Å²) in [5.74, 6) is 1.36. The Morgan fingerprint density at radius 3 is 2.53 bits per heavy atom. The molecule has 0 aromatic carbocycles. The lowest BCUT2D eigenvalue weighted by Gasteiger charge is -2.01. The van der Waals surface area contributed by atoms with Crippen molar-refractivity contribution in [1.29, 1.82) is 0 Å². The van der Waals surface area contributed by atoms with E-state index in [-0.39, 0.29) is 0 Å². The lowest BCUT2D eigenvalue weighted by molar-refractivity contribution is 0.839. The van der Waals surface area contributed by atoms with Crippen molar-refractivity contribution in [2.45, 2.75) is 13.8 Å². The quantitative estimate of drug-likeness (QED) is 0.628. The zero-order chi connectivity index (χ0) is 14.1. The van der Waals surface area contributed by atoms with Gasteiger partial charge in [0.05, 0.1) is 0 Å². The summed E-state index contributed by atoms with van der Waals surface area (Å²) in [5, 5.41) is 4.11. The minimum Gasteiger partial charge on any atom is -0.222 e. The molecule has 0 atom stereocenters. The SMILES string of the molecule is CC.CSC(=Nc1cc(-n2cccn2)ncn1)SC. The molecule has 0 aliphatic heterocycles. The summed E-state index contributed by atoms with van der Waals surface area (Å²) < 4.78 is 2.65. The second kappa shape index (κ2) is 8.71. The number of aliphatic imine (C=N–C) groups is 1. The number of rotatable bonds is 2. The number of hydrogen-bond acceptors (Lipinski definition) is 6. The predicted molar refractivity (Wildman–Crippen MR) is 84.6 cm³/mol. The van der Waals surface area contributed by atoms with Crippen molar-refractivity contribution < 1.29 is 0 Å². The van der Waals surface area contributed by atoms with E-state index in [9.17, 15) is 0 Å². The van der Waals surface area contributed by atoms with Gasteiger partial charge < -0.3 is 0 Å². The number of nitrogens with zero attached hydrogens (tertiary/aromatic N) is 5. The van der Waals surface area contributed by atoms with Gasteiger partial charge in [0, 0.05) is 18.5 Å². The van der Waals surface area contributed by atoms with E-state index in [1.54, 1.807) is 40.5 Å². The Bertz CT molecular complexity index is 505. The third kappa shape index (κ3) is 4.68. The van der Waals surface area contributed by atoms with Crippen molar-refractivity contribution in [2.24, 2.45) is 4.99 Å². The van der Waals surface area contributed by atoms with Crippen LogP contribution < -0.4 is 0 Å². The number of hydrogen-bond donors (Lipinski definition) is 0. The molecule has 0 saturated carbocycles. The van der Waals surface area contributed by atoms with Crippen molar-refractivity contribution in [3.05, 3.63) is 30.9 Å². The highest BCUT2D eigenvalue weighted by molar-refractivity contribution is 8.38. The first-order chi connectivity index (χ1) is 9.33. The Kier molecular flexibility index (Phi) is 7.20. The van der Waals surface area contributed by atoms with Gasteiger partial charge in [0.2, 0.25) is 0 Å². The Hall–Kier alpha value is -1.34. The molecule has 0 N–H and O–H groups in total. The maximum atomic E-state index is 4.42. The molecule has 19 heavy (non-hydrogen) atoms. The average molecular weight is 295 g/mol. The summed E-state index contributed by atoms with van der Waals surface area (Å²) in [6.07, 6.45) is 9.02. The first-order valence-electron chi connectivity index (χ1n) is 5.82. The van der Waals surface area contributed by atoms with E-state index in [1.165, 1.54) is 6.33 Å². The smallest absolute Gasteiger partial charge is 0.159 e. The highest BCUT2D eigenvalue weighted by atomic mass is 32.2. The van der Waals surface area contributed by atoms with Gasteiger partial charge in [-0.2, -0.15) is 5.10 Å². The van der Waals surface area contributed by atoms with Crippen LogP contribution in [-0.4, -0.2) is 36.6 Å². The van der Waals surface area contributed by atoms with E-state index >= 15 is 0 Å². The molecule has 2 aromatic heterocycles. The third-order valence-electron chi connectivity index (χ3n) is 1.93. The molecule has 0 aliphatic rings. The van der Waals surface area contributed by atoms with E-state index in [2.05, 4.69) is 20.1 Å². The predicted octanol–water partition coefficient (Wildman–Crippen LogP) is 3.40. The zero-order valence-corrected chi connectivity index (χ0v) is 13.1. The summed E-state index contributed by atoms with van der Waals surface area (Å²) in [7, 11) is 0. The van der Waals surface area contributed by atoms with Gasteiger partial charge in [-0.15, -0.1) is 23.5 Å². The first-order valence-corrected chi connectivity index (χ1v) is 8.27. The van der Waals surface area contributed by atoms with Crippen molar-refractivity contribution in [2.75, 3.05) is 12.5 Å². The fourth-order valence-electron chi connectivity index (χ4n) is 1.20. The van der Waals surface area contributed by atoms with E-state index in [4.69, 9.17) is 0 Å². The minimum atomic E-state index is 0.643. The van der Waals surface area contributed by atoms with Gasteiger partial charge in [0.1, 0.15) is 10.7 Å². The summed E-state index contributed by atoms with van der Waals surface area (Å²) in [4.78, 5) is 12.7. The maximum Gasteiger partial charge on any atom is 0.159 e. The first kappa shape index (κ1) is 15.7. The van der Waals surface area contributed by atoms with E-state index < -0.39 is 0 Å². The van der Waals surface area contributed by atoms with Crippen LogP contribution in [0.2, 0.25) is 0 Å². The third-order valence-corrected chi connectivity index (χ3v) is 3.81. The molecule has 0 saturated heterocycles. The Balaban J connectivity index is 0.000000861. The molecule has 7 heteroatoms. The molecular weight excluding hydrogens is 278 g/mol. The van der Waals surface area contributed by atoms with Gasteiger partial charge in [0.25, 0.3) is 0 Å². The molecule has 0 bridgehead atoms. The molecule has 5 nitrogen and oxygen atoms in total. The second-order valence-corrected chi connectivity index (χ2v) is 4.82. The van der Waals surface area contributed by atoms with E-state index in [1.807, 2.05) is 38.6 Å². The Labute approximate surface area is 122 Å². The van der Waals surface area contributed by atoms with Gasteiger partial charge >= 0.3 is 0 Å². The minimum absolute atomic E-state index is 0.643. The number of thioether (sulfide) groups is 2. The normalized spacial score (nSPS) is 9.47. The van der Waals surface area contributed by atoms with Crippen LogP contribution >= 0.6 is 23.5 Å². The van der Waals surface area contributed by atoms with Crippen LogP contribution in [0, 0.1) is 0 Å². The monoisotopic (exact) mass is 295 g/mol. The van der Waals surface area contributed by atoms with Crippen LogP contribution in [0.3, 0.4) is 0 Å². The molecular formula is C12H17N5S2. The largest absolute Gasteiger partial charge is 0.222 e. The topological polar surface area (TPSA) is 56.0 Å². The molecule has 0 spiro atoms. The van der Waals surface area contributed by atoms with Gasteiger partial charge in [-0.05, 0) is 18.6 Å². The molecule has 0 radical (unpaired) electrons. The Morgan fingerprint density at radius 2 is 1.95 bits per heavy atom. The van der Waals surface area contributed by atoms with Crippen molar-refractivity contribution >= 4 is 33.7 Å². The molecule has 2 aromatic rings. The highest BCUT2D eigenvalue weighted by Gasteiger charge is 2.01. The fourth-order valence-corrected chi connectivity index (χ4v) is 2.23. The second-order valence-electron chi connectivity index (χ2n) is 2.97. The van der Waals surface area contributed by atoms with Crippen molar-refractivity contribution in [1.82, 2.24) is 19.7 Å². The summed E-state index contributed by atoms with van der Waals surface area (Å²) in [6, 6.07) is 3.65. The maximum absolute atomic E-state index is 4.42. The van der Waals surface area contributed by atoms with Crippen LogP contribution in [0.25, 0.3) is 5.82 Å². The molecule has 0 amide bonds. The van der Waals surface area contributed by atoms with E-state index in [0.717, 1.165) is 4.38 Å². The molecule has 2 heterocycles. The summed E-state index contributed by atoms with van der Waals surface area (Å²) in [5.41, 5.74) is 0. The molecule has 0 aliphatic carbocycles. The molecule has 0 unspecified atom stereocenters. The van der Waals surface area contributed by atoms with Crippen LogP contribution in [-0.2, 0) is 0 Å². The zero-order valence-electron chi connectivity index (χ0n) is 11.4. The lowest BCUT2D eigenvalue weighted by atomic mass is 10.5. The van der Waals surface area contributed by atoms with Gasteiger partial charge in [-0.3, -0.25) is 0 Å². The summed E-state index contributed by atoms with van der Waals surface area (Å²) >= 11 is 3.20. The van der Waals surface area contributed by atoms with E-state index in [0.29, 0.717) is 11.6 Å². The molecule has 2 rings (SSSR count). The van der Waals surface area contributed by atoms with Crippen molar-refractivity contribution in [3.8, 4) is 5.82 Å². The summed E-state index contributed by atoms with van der Waals surface area (Å²) in [6.45, 7) is 4.00. The fraction of sp³-hybridized carbons (Fsp3) is 0.333. The van der Waals surface area contributed by atoms with Crippen LogP contribution in [0.5, 0.6) is 0 Å².